The van der Waals surface area contributed by atoms with Gasteiger partial charge >= 0.3 is 0 Å². The van der Waals surface area contributed by atoms with Gasteiger partial charge in [0.15, 0.2) is 14.1 Å². The molecule has 0 N–H and O–H groups in total. The summed E-state index contributed by atoms with van der Waals surface area (Å²) >= 11 is 0. The Labute approximate surface area is 215 Å². The zero-order valence-electron chi connectivity index (χ0n) is 22.3. The average molecular weight is 535 g/mol. The summed E-state index contributed by atoms with van der Waals surface area (Å²) in [6, 6.07) is 7.24. The molecule has 9 nitrogen and oxygen atoms in total. The van der Waals surface area contributed by atoms with Gasteiger partial charge in [0.25, 0.3) is 5.56 Å². The van der Waals surface area contributed by atoms with Gasteiger partial charge in [0, 0.05) is 38.1 Å². The molecule has 11 heteroatoms. The van der Waals surface area contributed by atoms with Crippen LogP contribution in [0.5, 0.6) is 5.75 Å². The van der Waals surface area contributed by atoms with Crippen molar-refractivity contribution in [2.75, 3.05) is 51.1 Å². The van der Waals surface area contributed by atoms with Gasteiger partial charge in [-0.15, -0.1) is 0 Å². The quantitative estimate of drug-likeness (QED) is 0.480. The van der Waals surface area contributed by atoms with Crippen LogP contribution < -0.4 is 15.2 Å². The number of aromatic nitrogens is 2. The van der Waals surface area contributed by atoms with Gasteiger partial charge in [-0.3, -0.25) is 9.36 Å². The first-order valence-corrected chi connectivity index (χ1v) is 16.8. The number of nitrogens with zero attached hydrogens (tertiary/aromatic N) is 4. The Morgan fingerprint density at radius 1 is 1.08 bits per heavy atom. The van der Waals surface area contributed by atoms with E-state index in [0.29, 0.717) is 55.7 Å². The second kappa shape index (κ2) is 10.9. The van der Waals surface area contributed by atoms with Crippen molar-refractivity contribution in [2.24, 2.45) is 0 Å². The fraction of sp³-hybridized carbons (Fsp3) is 0.520. The molecule has 2 aromatic rings. The normalized spacial score (nSPS) is 16.0. The minimum atomic E-state index is -3.28. The van der Waals surface area contributed by atoms with Crippen LogP contribution in [0.1, 0.15) is 26.5 Å². The Kier molecular flexibility index (Phi) is 8.49. The van der Waals surface area contributed by atoms with Gasteiger partial charge in [-0.1, -0.05) is 26.8 Å². The predicted octanol–water partition coefficient (Wildman–Crippen LogP) is 3.36. The Morgan fingerprint density at radius 2 is 1.69 bits per heavy atom. The number of methoxy groups -OCH3 is 1. The van der Waals surface area contributed by atoms with E-state index in [2.05, 4.69) is 38.8 Å². The van der Waals surface area contributed by atoms with E-state index in [1.54, 1.807) is 30.0 Å². The maximum atomic E-state index is 13.5. The number of piperazine rings is 1. The molecule has 2 heterocycles. The molecule has 0 spiro atoms. The molecule has 1 fully saturated rings. The van der Waals surface area contributed by atoms with Crippen LogP contribution in [0.4, 0.5) is 5.82 Å². The smallest absolute Gasteiger partial charge is 0.298 e. The van der Waals surface area contributed by atoms with E-state index in [0.717, 1.165) is 0 Å². The molecule has 198 valence electrons. The fourth-order valence-electron chi connectivity index (χ4n) is 3.59. The highest BCUT2D eigenvalue weighted by Gasteiger charge is 2.36. The lowest BCUT2D eigenvalue weighted by molar-refractivity contribution is 0.328. The number of rotatable bonds is 8. The van der Waals surface area contributed by atoms with Gasteiger partial charge in [0.1, 0.15) is 5.75 Å². The second-order valence-corrected chi connectivity index (χ2v) is 17.3. The first-order chi connectivity index (χ1) is 16.7. The highest BCUT2D eigenvalue weighted by Crippen LogP contribution is 2.36. The summed E-state index contributed by atoms with van der Waals surface area (Å²) in [5.41, 5.74) is 1.04. The van der Waals surface area contributed by atoms with E-state index in [-0.39, 0.29) is 10.6 Å². The topological polar surface area (TPSA) is 94.0 Å². The van der Waals surface area contributed by atoms with E-state index in [9.17, 15) is 13.2 Å². The van der Waals surface area contributed by atoms with E-state index < -0.39 is 18.3 Å². The maximum absolute atomic E-state index is 13.5. The van der Waals surface area contributed by atoms with Crippen LogP contribution in [0.15, 0.2) is 41.3 Å². The zero-order chi connectivity index (χ0) is 26.7. The van der Waals surface area contributed by atoms with Crippen molar-refractivity contribution < 1.29 is 17.6 Å². The largest absolute Gasteiger partial charge is 0.497 e. The summed E-state index contributed by atoms with van der Waals surface area (Å²) in [4.78, 5) is 20.0. The fourth-order valence-corrected chi connectivity index (χ4v) is 5.36. The van der Waals surface area contributed by atoms with Gasteiger partial charge < -0.3 is 14.1 Å². The van der Waals surface area contributed by atoms with Gasteiger partial charge in [0.05, 0.1) is 25.7 Å². The molecule has 0 amide bonds. The number of hydrogen-bond donors (Lipinski definition) is 0. The van der Waals surface area contributed by atoms with Crippen LogP contribution in [0.3, 0.4) is 0 Å². The molecule has 36 heavy (non-hydrogen) atoms. The lowest BCUT2D eigenvalue weighted by Gasteiger charge is -2.35. The summed E-state index contributed by atoms with van der Waals surface area (Å²) in [5, 5.41) is 0.113. The minimum absolute atomic E-state index is 0.113. The Hall–Kier alpha value is -2.47. The molecule has 0 bridgehead atoms. The van der Waals surface area contributed by atoms with E-state index >= 15 is 0 Å². The van der Waals surface area contributed by atoms with Crippen LogP contribution in [0.2, 0.25) is 18.1 Å². The van der Waals surface area contributed by atoms with Crippen LogP contribution in [0, 0.1) is 0 Å². The summed E-state index contributed by atoms with van der Waals surface area (Å²) < 4.78 is 38.3. The van der Waals surface area contributed by atoms with Crippen molar-refractivity contribution in [1.82, 2.24) is 13.9 Å². The second-order valence-electron chi connectivity index (χ2n) is 10.5. The molecule has 0 radical (unpaired) electrons. The zero-order valence-corrected chi connectivity index (χ0v) is 24.1. The molecule has 0 unspecified atom stereocenters. The lowest BCUT2D eigenvalue weighted by Crippen LogP contribution is -2.50. The van der Waals surface area contributed by atoms with Crippen LogP contribution in [-0.4, -0.2) is 76.7 Å². The highest BCUT2D eigenvalue weighted by molar-refractivity contribution is 7.88. The third kappa shape index (κ3) is 6.64. The van der Waals surface area contributed by atoms with Crippen molar-refractivity contribution in [3.8, 4) is 11.4 Å². The first kappa shape index (κ1) is 28.1. The molecular weight excluding hydrogens is 496 g/mol. The van der Waals surface area contributed by atoms with Crippen LogP contribution >= 0.6 is 0 Å². The Bertz CT molecular complexity index is 1240. The number of benzene rings is 1. The lowest BCUT2D eigenvalue weighted by atomic mass is 10.2. The standard InChI is InChI=1S/C25H38N4O5SSi/c1-25(2,3)36(6,7)34-18-8-9-20-19-29(21-10-12-22(33-4)13-11-21)24(30)23(26-20)27-14-16-28(17-15-27)35(5,31)32/h8-13,19H,14-18H2,1-7H3. The predicted molar refractivity (Wildman–Crippen MR) is 147 cm³/mol. The van der Waals surface area contributed by atoms with Crippen molar-refractivity contribution >= 4 is 30.2 Å². The summed E-state index contributed by atoms with van der Waals surface area (Å²) in [6.45, 7) is 12.9. The van der Waals surface area contributed by atoms with Gasteiger partial charge in [-0.05, 0) is 48.5 Å². The number of sulfonamides is 1. The molecule has 3 rings (SSSR count). The summed E-state index contributed by atoms with van der Waals surface area (Å²) in [5.74, 6) is 0.993. The summed E-state index contributed by atoms with van der Waals surface area (Å²) in [7, 11) is -3.57. The molecule has 1 aliphatic heterocycles. The molecule has 1 aliphatic rings. The van der Waals surface area contributed by atoms with Crippen LogP contribution in [-0.2, 0) is 14.4 Å². The molecule has 0 aliphatic carbocycles. The van der Waals surface area contributed by atoms with Crippen molar-refractivity contribution in [2.45, 2.75) is 38.9 Å². The maximum Gasteiger partial charge on any atom is 0.298 e. The third-order valence-electron chi connectivity index (χ3n) is 6.90. The van der Waals surface area contributed by atoms with Gasteiger partial charge in [0.2, 0.25) is 10.0 Å². The van der Waals surface area contributed by atoms with E-state index in [4.69, 9.17) is 9.16 Å². The monoisotopic (exact) mass is 534 g/mol. The van der Waals surface area contributed by atoms with Crippen molar-refractivity contribution in [1.29, 1.82) is 0 Å². The Morgan fingerprint density at radius 3 is 2.22 bits per heavy atom. The number of hydrogen-bond acceptors (Lipinski definition) is 7. The molecule has 0 atom stereocenters. The molecule has 1 aromatic carbocycles. The molecule has 1 saturated heterocycles. The molecule has 0 saturated carbocycles. The summed E-state index contributed by atoms with van der Waals surface area (Å²) in [6.07, 6.45) is 6.71. The number of ether oxygens (including phenoxy) is 1. The SMILES string of the molecule is COc1ccc(-n2cc(C=CCO[Si](C)(C)C(C)(C)C)nc(N3CCN(S(C)(=O)=O)CC3)c2=O)cc1. The highest BCUT2D eigenvalue weighted by atomic mass is 32.2. The van der Waals surface area contributed by atoms with Crippen LogP contribution in [0.25, 0.3) is 11.8 Å². The Balaban J connectivity index is 1.93. The van der Waals surface area contributed by atoms with E-state index in [1.807, 2.05) is 29.2 Å². The van der Waals surface area contributed by atoms with Gasteiger partial charge in [-0.2, -0.15) is 4.31 Å². The average Bonchev–Trinajstić information content (AvgIpc) is 2.81. The molecule has 1 aromatic heterocycles. The third-order valence-corrected chi connectivity index (χ3v) is 12.7. The van der Waals surface area contributed by atoms with Crippen molar-refractivity contribution in [3.63, 3.8) is 0 Å². The van der Waals surface area contributed by atoms with E-state index in [1.165, 1.54) is 10.6 Å². The first-order valence-electron chi connectivity index (χ1n) is 12.0. The minimum Gasteiger partial charge on any atom is -0.497 e. The van der Waals surface area contributed by atoms with Gasteiger partial charge in [-0.25, -0.2) is 13.4 Å². The number of anilines is 1. The van der Waals surface area contributed by atoms with Crippen molar-refractivity contribution in [3.05, 3.63) is 52.6 Å². The molecular formula is C25H38N4O5SSi.